The average molecular weight is 394 g/mol. The van der Waals surface area contributed by atoms with E-state index >= 15 is 0 Å². The molecule has 2 heterocycles. The van der Waals surface area contributed by atoms with Crippen LogP contribution in [0.25, 0.3) is 16.3 Å². The van der Waals surface area contributed by atoms with Crippen molar-refractivity contribution in [2.45, 2.75) is 6.92 Å². The molecule has 3 aromatic rings. The van der Waals surface area contributed by atoms with Crippen molar-refractivity contribution in [3.8, 4) is 5.75 Å². The molecule has 1 saturated heterocycles. The molecule has 0 saturated carbocycles. The highest BCUT2D eigenvalue weighted by molar-refractivity contribution is 7.22. The number of hydrogen-bond acceptors (Lipinski definition) is 5. The molecular formula is C22H23N3O2S. The summed E-state index contributed by atoms with van der Waals surface area (Å²) >= 11 is 1.68. The van der Waals surface area contributed by atoms with E-state index in [1.165, 1.54) is 0 Å². The highest BCUT2D eigenvalue weighted by Gasteiger charge is 2.22. The summed E-state index contributed by atoms with van der Waals surface area (Å²) in [7, 11) is 0. The molecule has 0 atom stereocenters. The van der Waals surface area contributed by atoms with E-state index < -0.39 is 0 Å². The molecule has 0 bridgehead atoms. The summed E-state index contributed by atoms with van der Waals surface area (Å²) in [5, 5.41) is 0.995. The number of aromatic nitrogens is 1. The lowest BCUT2D eigenvalue weighted by molar-refractivity contribution is -0.126. The monoisotopic (exact) mass is 393 g/mol. The zero-order valence-corrected chi connectivity index (χ0v) is 16.7. The smallest absolute Gasteiger partial charge is 0.246 e. The summed E-state index contributed by atoms with van der Waals surface area (Å²) in [4.78, 5) is 21.4. The Labute approximate surface area is 168 Å². The van der Waals surface area contributed by atoms with Gasteiger partial charge in [-0.3, -0.25) is 4.79 Å². The Kier molecular flexibility index (Phi) is 5.58. The maximum atomic E-state index is 12.5. The molecule has 0 unspecified atom stereocenters. The minimum absolute atomic E-state index is 0.0615. The maximum absolute atomic E-state index is 12.5. The zero-order valence-electron chi connectivity index (χ0n) is 15.9. The molecule has 0 aliphatic carbocycles. The number of para-hydroxylation sites is 1. The van der Waals surface area contributed by atoms with Gasteiger partial charge in [0.25, 0.3) is 0 Å². The fraction of sp³-hybridized carbons (Fsp3) is 0.273. The van der Waals surface area contributed by atoms with Crippen molar-refractivity contribution in [2.24, 2.45) is 0 Å². The number of rotatable bonds is 5. The number of amides is 1. The molecular weight excluding hydrogens is 370 g/mol. The fourth-order valence-corrected chi connectivity index (χ4v) is 4.31. The molecule has 4 rings (SSSR count). The van der Waals surface area contributed by atoms with Crippen LogP contribution in [0.15, 0.2) is 54.6 Å². The quantitative estimate of drug-likeness (QED) is 0.614. The van der Waals surface area contributed by atoms with Gasteiger partial charge in [0, 0.05) is 32.3 Å². The molecule has 0 N–H and O–H groups in total. The van der Waals surface area contributed by atoms with Gasteiger partial charge < -0.3 is 14.5 Å². The van der Waals surface area contributed by atoms with E-state index in [0.29, 0.717) is 19.7 Å². The van der Waals surface area contributed by atoms with Crippen molar-refractivity contribution in [3.63, 3.8) is 0 Å². The SMILES string of the molecule is CCOc1cccc2sc(N3CCN(C(=O)/C=C/c4ccccc4)CC3)nc12. The van der Waals surface area contributed by atoms with E-state index in [1.54, 1.807) is 17.4 Å². The first-order chi connectivity index (χ1) is 13.7. The number of benzene rings is 2. The molecule has 28 heavy (non-hydrogen) atoms. The van der Waals surface area contributed by atoms with Crippen molar-refractivity contribution >= 4 is 38.7 Å². The molecule has 1 aliphatic rings. The number of nitrogens with zero attached hydrogens (tertiary/aromatic N) is 3. The van der Waals surface area contributed by atoms with Gasteiger partial charge in [-0.15, -0.1) is 0 Å². The third-order valence-corrected chi connectivity index (χ3v) is 5.83. The molecule has 0 spiro atoms. The van der Waals surface area contributed by atoms with Gasteiger partial charge in [-0.05, 0) is 30.7 Å². The van der Waals surface area contributed by atoms with Crippen LogP contribution in [0, 0.1) is 0 Å². The number of anilines is 1. The minimum atomic E-state index is 0.0615. The number of hydrogen-bond donors (Lipinski definition) is 0. The Morgan fingerprint density at radius 2 is 1.89 bits per heavy atom. The Hall–Kier alpha value is -2.86. The van der Waals surface area contributed by atoms with Gasteiger partial charge in [0.2, 0.25) is 5.91 Å². The lowest BCUT2D eigenvalue weighted by atomic mass is 10.2. The Balaban J connectivity index is 1.40. The zero-order chi connectivity index (χ0) is 19.3. The van der Waals surface area contributed by atoms with Gasteiger partial charge in [-0.2, -0.15) is 0 Å². The minimum Gasteiger partial charge on any atom is -0.492 e. The molecule has 1 fully saturated rings. The molecule has 0 radical (unpaired) electrons. The first-order valence-corrected chi connectivity index (χ1v) is 10.4. The number of fused-ring (bicyclic) bond motifs is 1. The highest BCUT2D eigenvalue weighted by Crippen LogP contribution is 2.34. The van der Waals surface area contributed by atoms with Crippen LogP contribution in [-0.2, 0) is 4.79 Å². The summed E-state index contributed by atoms with van der Waals surface area (Å²) in [5.74, 6) is 0.897. The number of piperazine rings is 1. The maximum Gasteiger partial charge on any atom is 0.246 e. The second-order valence-corrected chi connectivity index (χ2v) is 7.60. The summed E-state index contributed by atoms with van der Waals surface area (Å²) in [6, 6.07) is 15.9. The van der Waals surface area contributed by atoms with E-state index in [-0.39, 0.29) is 5.91 Å². The van der Waals surface area contributed by atoms with Crippen LogP contribution in [0.3, 0.4) is 0 Å². The predicted octanol–water partition coefficient (Wildman–Crippen LogP) is 4.06. The molecule has 6 heteroatoms. The van der Waals surface area contributed by atoms with E-state index in [9.17, 15) is 4.79 Å². The summed E-state index contributed by atoms with van der Waals surface area (Å²) in [6.07, 6.45) is 3.54. The Morgan fingerprint density at radius 3 is 2.64 bits per heavy atom. The highest BCUT2D eigenvalue weighted by atomic mass is 32.1. The predicted molar refractivity (Wildman–Crippen MR) is 115 cm³/mol. The lowest BCUT2D eigenvalue weighted by Gasteiger charge is -2.34. The first kappa shape index (κ1) is 18.5. The molecule has 1 aliphatic heterocycles. The molecule has 144 valence electrons. The second kappa shape index (κ2) is 8.44. The molecule has 1 amide bonds. The van der Waals surface area contributed by atoms with Crippen LogP contribution in [0.1, 0.15) is 12.5 Å². The van der Waals surface area contributed by atoms with E-state index in [1.807, 2.05) is 60.4 Å². The lowest BCUT2D eigenvalue weighted by Crippen LogP contribution is -2.48. The van der Waals surface area contributed by atoms with Gasteiger partial charge >= 0.3 is 0 Å². The van der Waals surface area contributed by atoms with Crippen LogP contribution >= 0.6 is 11.3 Å². The summed E-state index contributed by atoms with van der Waals surface area (Å²) in [6.45, 7) is 5.58. The van der Waals surface area contributed by atoms with E-state index in [2.05, 4.69) is 11.0 Å². The van der Waals surface area contributed by atoms with Crippen LogP contribution in [0.5, 0.6) is 5.75 Å². The van der Waals surface area contributed by atoms with Gasteiger partial charge in [0.05, 0.1) is 11.3 Å². The summed E-state index contributed by atoms with van der Waals surface area (Å²) < 4.78 is 6.83. The largest absolute Gasteiger partial charge is 0.492 e. The van der Waals surface area contributed by atoms with Crippen LogP contribution in [-0.4, -0.2) is 48.6 Å². The van der Waals surface area contributed by atoms with Gasteiger partial charge in [0.15, 0.2) is 5.13 Å². The van der Waals surface area contributed by atoms with Crippen LogP contribution in [0.2, 0.25) is 0 Å². The number of thiazole rings is 1. The van der Waals surface area contributed by atoms with Crippen molar-refractivity contribution < 1.29 is 9.53 Å². The van der Waals surface area contributed by atoms with Gasteiger partial charge in [-0.25, -0.2) is 4.98 Å². The van der Waals surface area contributed by atoms with E-state index in [0.717, 1.165) is 39.8 Å². The normalized spacial score (nSPS) is 14.8. The van der Waals surface area contributed by atoms with Gasteiger partial charge in [-0.1, -0.05) is 47.7 Å². The third-order valence-electron chi connectivity index (χ3n) is 4.75. The number of carbonyl (C=O) groups excluding carboxylic acids is 1. The van der Waals surface area contributed by atoms with Crippen LogP contribution < -0.4 is 9.64 Å². The third kappa shape index (κ3) is 4.02. The Bertz CT molecular complexity index is 976. The first-order valence-electron chi connectivity index (χ1n) is 9.54. The topological polar surface area (TPSA) is 45.7 Å². The standard InChI is InChI=1S/C22H23N3O2S/c1-2-27-18-9-6-10-19-21(18)23-22(28-19)25-15-13-24(14-16-25)20(26)12-11-17-7-4-3-5-8-17/h3-12H,2,13-16H2,1H3/b12-11+. The van der Waals surface area contributed by atoms with Crippen molar-refractivity contribution in [1.82, 2.24) is 9.88 Å². The van der Waals surface area contributed by atoms with Gasteiger partial charge in [0.1, 0.15) is 11.3 Å². The van der Waals surface area contributed by atoms with E-state index in [4.69, 9.17) is 9.72 Å². The fourth-order valence-electron chi connectivity index (χ4n) is 3.27. The second-order valence-electron chi connectivity index (χ2n) is 6.59. The Morgan fingerprint density at radius 1 is 1.11 bits per heavy atom. The van der Waals surface area contributed by atoms with Crippen molar-refractivity contribution in [2.75, 3.05) is 37.7 Å². The number of carbonyl (C=O) groups is 1. The van der Waals surface area contributed by atoms with Crippen molar-refractivity contribution in [3.05, 3.63) is 60.2 Å². The molecule has 2 aromatic carbocycles. The van der Waals surface area contributed by atoms with Crippen LogP contribution in [0.4, 0.5) is 5.13 Å². The molecule has 1 aromatic heterocycles. The summed E-state index contributed by atoms with van der Waals surface area (Å²) in [5.41, 5.74) is 1.96. The average Bonchev–Trinajstić information content (AvgIpc) is 3.18. The van der Waals surface area contributed by atoms with Crippen molar-refractivity contribution in [1.29, 1.82) is 0 Å². The molecule has 5 nitrogen and oxygen atoms in total. The number of ether oxygens (including phenoxy) is 1.